The first-order chi connectivity index (χ1) is 14.2. The van der Waals surface area contributed by atoms with E-state index in [1.165, 1.54) is 12.1 Å². The maximum atomic E-state index is 13.3. The Kier molecular flexibility index (Phi) is 6.37. The zero-order valence-electron chi connectivity index (χ0n) is 16.1. The summed E-state index contributed by atoms with van der Waals surface area (Å²) in [6, 6.07) is 19.2. The number of para-hydroxylation sites is 1. The van der Waals surface area contributed by atoms with Crippen LogP contribution in [0.5, 0.6) is 11.5 Å². The minimum Gasteiger partial charge on any atom is -0.480 e. The molecule has 3 aromatic carbocycles. The van der Waals surface area contributed by atoms with Gasteiger partial charge in [0.05, 0.1) is 11.9 Å². The number of benzene rings is 3. The van der Waals surface area contributed by atoms with E-state index in [-0.39, 0.29) is 12.1 Å². The lowest BCUT2D eigenvalue weighted by Gasteiger charge is -2.29. The van der Waals surface area contributed by atoms with Crippen molar-refractivity contribution in [2.75, 3.05) is 10.6 Å². The van der Waals surface area contributed by atoms with Crippen molar-refractivity contribution >= 4 is 21.7 Å². The monoisotopic (exact) mass is 429 g/mol. The van der Waals surface area contributed by atoms with Gasteiger partial charge in [-0.25, -0.2) is 17.6 Å². The third-order valence-corrected chi connectivity index (χ3v) is 5.52. The Bertz CT molecular complexity index is 1100. The van der Waals surface area contributed by atoms with Crippen molar-refractivity contribution in [1.82, 2.24) is 0 Å². The maximum absolute atomic E-state index is 13.3. The van der Waals surface area contributed by atoms with E-state index < -0.39 is 27.9 Å². The van der Waals surface area contributed by atoms with Gasteiger partial charge in [-0.3, -0.25) is 4.31 Å². The lowest BCUT2D eigenvalue weighted by atomic mass is 10.1. The predicted molar refractivity (Wildman–Crippen MR) is 112 cm³/mol. The van der Waals surface area contributed by atoms with Crippen molar-refractivity contribution in [3.05, 3.63) is 90.2 Å². The van der Waals surface area contributed by atoms with Gasteiger partial charge < -0.3 is 9.84 Å². The van der Waals surface area contributed by atoms with E-state index in [1.54, 1.807) is 36.4 Å². The van der Waals surface area contributed by atoms with Crippen molar-refractivity contribution in [3.8, 4) is 11.5 Å². The molecule has 156 valence electrons. The van der Waals surface area contributed by atoms with Crippen LogP contribution in [0.25, 0.3) is 0 Å². The van der Waals surface area contributed by atoms with E-state index in [0.717, 1.165) is 22.7 Å². The van der Waals surface area contributed by atoms with Gasteiger partial charge in [0.2, 0.25) is 10.0 Å². The number of halogens is 1. The number of carboxylic acids is 1. The molecule has 0 radical (unpaired) electrons. The number of ether oxygens (including phenoxy) is 1. The van der Waals surface area contributed by atoms with Gasteiger partial charge >= 0.3 is 5.97 Å². The van der Waals surface area contributed by atoms with Crippen LogP contribution in [0.1, 0.15) is 5.56 Å². The summed E-state index contributed by atoms with van der Waals surface area (Å²) in [5.74, 6) is -0.633. The first-order valence-corrected chi connectivity index (χ1v) is 10.9. The zero-order valence-corrected chi connectivity index (χ0v) is 16.9. The molecule has 0 fully saturated rings. The molecule has 1 N–H and O–H groups in total. The minimum absolute atomic E-state index is 0.0780. The number of nitrogens with zero attached hydrogens (tertiary/aromatic N) is 1. The van der Waals surface area contributed by atoms with Crippen molar-refractivity contribution in [1.29, 1.82) is 0 Å². The summed E-state index contributed by atoms with van der Waals surface area (Å²) in [7, 11) is -3.94. The van der Waals surface area contributed by atoms with Gasteiger partial charge in [0.1, 0.15) is 23.4 Å². The van der Waals surface area contributed by atoms with Crippen LogP contribution in [-0.2, 0) is 21.2 Å². The van der Waals surface area contributed by atoms with Gasteiger partial charge in [-0.15, -0.1) is 0 Å². The standard InChI is InChI=1S/C22H20FNO5S/c1-30(27,28)24(18-11-9-17(23)10-12-18)21(22(25)26)15-16-7-13-20(14-8-16)29-19-5-3-2-4-6-19/h2-14,21H,15H2,1H3,(H,25,26)/t21-/m0/s1. The molecule has 3 rings (SSSR count). The van der Waals surface area contributed by atoms with Crippen molar-refractivity contribution in [3.63, 3.8) is 0 Å². The normalized spacial score (nSPS) is 12.2. The number of sulfonamides is 1. The number of hydrogen-bond acceptors (Lipinski definition) is 4. The van der Waals surface area contributed by atoms with Crippen molar-refractivity contribution < 1.29 is 27.4 Å². The molecular weight excluding hydrogens is 409 g/mol. The lowest BCUT2D eigenvalue weighted by molar-refractivity contribution is -0.138. The molecule has 0 aliphatic rings. The van der Waals surface area contributed by atoms with Gasteiger partial charge in [0.15, 0.2) is 0 Å². The van der Waals surface area contributed by atoms with Crippen molar-refractivity contribution in [2.24, 2.45) is 0 Å². The molecule has 6 nitrogen and oxygen atoms in total. The van der Waals surface area contributed by atoms with Gasteiger partial charge in [-0.2, -0.15) is 0 Å². The Morgan fingerprint density at radius 3 is 2.07 bits per heavy atom. The molecule has 0 bridgehead atoms. The molecule has 0 amide bonds. The van der Waals surface area contributed by atoms with Gasteiger partial charge in [-0.1, -0.05) is 30.3 Å². The highest BCUT2D eigenvalue weighted by molar-refractivity contribution is 7.92. The second kappa shape index (κ2) is 8.96. The molecule has 0 aromatic heterocycles. The Balaban J connectivity index is 1.85. The number of hydrogen-bond donors (Lipinski definition) is 1. The Morgan fingerprint density at radius 1 is 0.967 bits per heavy atom. The van der Waals surface area contributed by atoms with Crippen LogP contribution in [0.4, 0.5) is 10.1 Å². The summed E-state index contributed by atoms with van der Waals surface area (Å²) in [5.41, 5.74) is 0.689. The molecule has 0 aliphatic carbocycles. The highest BCUT2D eigenvalue weighted by Crippen LogP contribution is 2.25. The number of aliphatic carboxylic acids is 1. The summed E-state index contributed by atoms with van der Waals surface area (Å²) in [6.45, 7) is 0. The summed E-state index contributed by atoms with van der Waals surface area (Å²) < 4.78 is 44.5. The molecule has 30 heavy (non-hydrogen) atoms. The molecule has 0 spiro atoms. The fourth-order valence-electron chi connectivity index (χ4n) is 3.00. The van der Waals surface area contributed by atoms with E-state index in [1.807, 2.05) is 18.2 Å². The van der Waals surface area contributed by atoms with E-state index in [0.29, 0.717) is 17.1 Å². The number of carboxylic acid groups (broad SMARTS) is 1. The van der Waals surface area contributed by atoms with E-state index >= 15 is 0 Å². The van der Waals surface area contributed by atoms with Crippen LogP contribution in [0, 0.1) is 5.82 Å². The molecule has 0 heterocycles. The largest absolute Gasteiger partial charge is 0.480 e. The maximum Gasteiger partial charge on any atom is 0.327 e. The van der Waals surface area contributed by atoms with Gasteiger partial charge in [-0.05, 0) is 54.1 Å². The summed E-state index contributed by atoms with van der Waals surface area (Å²) in [5, 5.41) is 9.73. The fraction of sp³-hybridized carbons (Fsp3) is 0.136. The molecule has 8 heteroatoms. The third kappa shape index (κ3) is 5.36. The average molecular weight is 429 g/mol. The first-order valence-electron chi connectivity index (χ1n) is 9.03. The highest BCUT2D eigenvalue weighted by Gasteiger charge is 2.32. The molecule has 3 aromatic rings. The van der Waals surface area contributed by atoms with Crippen LogP contribution in [0.3, 0.4) is 0 Å². The molecule has 0 saturated heterocycles. The highest BCUT2D eigenvalue weighted by atomic mass is 32.2. The Hall–Kier alpha value is -3.39. The van der Waals surface area contributed by atoms with E-state index in [9.17, 15) is 22.7 Å². The van der Waals surface area contributed by atoms with Crippen molar-refractivity contribution in [2.45, 2.75) is 12.5 Å². The number of anilines is 1. The molecule has 0 unspecified atom stereocenters. The van der Waals surface area contributed by atoms with Crippen LogP contribution >= 0.6 is 0 Å². The fourth-order valence-corrected chi connectivity index (χ4v) is 4.13. The lowest BCUT2D eigenvalue weighted by Crippen LogP contribution is -2.46. The topological polar surface area (TPSA) is 83.9 Å². The third-order valence-electron chi connectivity index (χ3n) is 4.34. The molecule has 0 aliphatic heterocycles. The summed E-state index contributed by atoms with van der Waals surface area (Å²) >= 11 is 0. The van der Waals surface area contributed by atoms with Crippen LogP contribution in [0.15, 0.2) is 78.9 Å². The first kappa shape index (κ1) is 21.3. The zero-order chi connectivity index (χ0) is 21.7. The summed E-state index contributed by atoms with van der Waals surface area (Å²) in [6.07, 6.45) is 0.842. The van der Waals surface area contributed by atoms with Crippen LogP contribution in [0.2, 0.25) is 0 Å². The minimum atomic E-state index is -3.94. The molecule has 1 atom stereocenters. The van der Waals surface area contributed by atoms with E-state index in [2.05, 4.69) is 0 Å². The number of rotatable bonds is 8. The van der Waals surface area contributed by atoms with Gasteiger partial charge in [0.25, 0.3) is 0 Å². The quantitative estimate of drug-likeness (QED) is 0.583. The van der Waals surface area contributed by atoms with Crippen LogP contribution in [-0.4, -0.2) is 31.8 Å². The number of carbonyl (C=O) groups is 1. The second-order valence-electron chi connectivity index (χ2n) is 6.65. The smallest absolute Gasteiger partial charge is 0.327 e. The average Bonchev–Trinajstić information content (AvgIpc) is 2.70. The Morgan fingerprint density at radius 2 is 1.53 bits per heavy atom. The molecule has 0 saturated carbocycles. The Labute approximate surface area is 174 Å². The van der Waals surface area contributed by atoms with E-state index in [4.69, 9.17) is 4.74 Å². The summed E-state index contributed by atoms with van der Waals surface area (Å²) in [4.78, 5) is 11.9. The van der Waals surface area contributed by atoms with Gasteiger partial charge in [0, 0.05) is 6.42 Å². The van der Waals surface area contributed by atoms with Crippen LogP contribution < -0.4 is 9.04 Å². The predicted octanol–water partition coefficient (Wildman–Crippen LogP) is 4.08. The second-order valence-corrected chi connectivity index (χ2v) is 8.51. The molecular formula is C22H20FNO5S. The SMILES string of the molecule is CS(=O)(=O)N(c1ccc(F)cc1)[C@@H](Cc1ccc(Oc2ccccc2)cc1)C(=O)O.